The van der Waals surface area contributed by atoms with Crippen LogP contribution in [0.1, 0.15) is 24.9 Å². The van der Waals surface area contributed by atoms with Crippen molar-refractivity contribution >= 4 is 28.8 Å². The van der Waals surface area contributed by atoms with Crippen molar-refractivity contribution in [3.05, 3.63) is 52.2 Å². The van der Waals surface area contributed by atoms with Gasteiger partial charge in [0.25, 0.3) is 0 Å². The zero-order valence-electron chi connectivity index (χ0n) is 19.6. The molecule has 0 bridgehead atoms. The SMILES string of the molecule is COCCOC(=O)C1=C(C)N=C2SC=C(CC(=O)N3CCOCC3)N2[C@@H]1c1cccc(OC)c1. The lowest BCUT2D eigenvalue weighted by molar-refractivity contribution is -0.141. The summed E-state index contributed by atoms with van der Waals surface area (Å²) in [7, 11) is 3.16. The van der Waals surface area contributed by atoms with Gasteiger partial charge < -0.3 is 28.7 Å². The zero-order chi connectivity index (χ0) is 24.1. The van der Waals surface area contributed by atoms with E-state index in [4.69, 9.17) is 18.9 Å². The van der Waals surface area contributed by atoms with Crippen LogP contribution in [0, 0.1) is 0 Å². The molecule has 0 aliphatic carbocycles. The lowest BCUT2D eigenvalue weighted by Crippen LogP contribution is -2.42. The van der Waals surface area contributed by atoms with Crippen molar-refractivity contribution in [3.8, 4) is 5.75 Å². The number of allylic oxidation sites excluding steroid dienone is 1. The van der Waals surface area contributed by atoms with Gasteiger partial charge in [0, 0.05) is 25.9 Å². The third kappa shape index (κ3) is 5.13. The predicted octanol–water partition coefficient (Wildman–Crippen LogP) is 2.71. The number of esters is 1. The number of morpholine rings is 1. The van der Waals surface area contributed by atoms with Crippen LogP contribution >= 0.6 is 11.8 Å². The second kappa shape index (κ2) is 11.1. The molecular weight excluding hydrogens is 458 g/mol. The number of thioether (sulfide) groups is 1. The third-order valence-corrected chi connectivity index (χ3v) is 6.74. The molecule has 0 spiro atoms. The van der Waals surface area contributed by atoms with Crippen molar-refractivity contribution in [3.63, 3.8) is 0 Å². The van der Waals surface area contributed by atoms with E-state index < -0.39 is 12.0 Å². The van der Waals surface area contributed by atoms with Crippen LogP contribution in [0.2, 0.25) is 0 Å². The Morgan fingerprint density at radius 2 is 2.00 bits per heavy atom. The molecule has 1 saturated heterocycles. The number of nitrogens with zero attached hydrogens (tertiary/aromatic N) is 3. The number of aliphatic imine (C=N–C) groups is 1. The number of hydrogen-bond acceptors (Lipinski definition) is 9. The van der Waals surface area contributed by atoms with Crippen molar-refractivity contribution in [1.82, 2.24) is 9.80 Å². The number of methoxy groups -OCH3 is 2. The highest BCUT2D eigenvalue weighted by Gasteiger charge is 2.41. The molecule has 1 amide bonds. The van der Waals surface area contributed by atoms with Crippen molar-refractivity contribution in [2.45, 2.75) is 19.4 Å². The minimum absolute atomic E-state index is 0.0243. The molecule has 0 N–H and O–H groups in total. The van der Waals surface area contributed by atoms with Crippen LogP contribution in [-0.4, -0.2) is 80.6 Å². The normalized spacial score (nSPS) is 20.0. The highest BCUT2D eigenvalue weighted by molar-refractivity contribution is 8.16. The van der Waals surface area contributed by atoms with Crippen molar-refractivity contribution in [2.24, 2.45) is 4.99 Å². The average Bonchev–Trinajstić information content (AvgIpc) is 3.25. The Kier molecular flexibility index (Phi) is 7.91. The molecule has 0 aromatic heterocycles. The number of hydrogen-bond donors (Lipinski definition) is 0. The number of carbonyl (C=O) groups is 2. The maximum atomic E-state index is 13.2. The monoisotopic (exact) mass is 487 g/mol. The lowest BCUT2D eigenvalue weighted by atomic mass is 9.93. The van der Waals surface area contributed by atoms with Gasteiger partial charge in [0.1, 0.15) is 12.4 Å². The molecule has 4 rings (SSSR count). The molecular formula is C24H29N3O6S. The zero-order valence-corrected chi connectivity index (χ0v) is 20.4. The standard InChI is InChI=1S/C24H29N3O6S/c1-16-21(23(29)33-12-11-30-2)22(17-5-4-6-19(13-17)31-3)27-18(15-34-24(27)25-16)14-20(28)26-7-9-32-10-8-26/h4-6,13,15,22H,7-12,14H2,1-3H3/t22-/m1/s1. The summed E-state index contributed by atoms with van der Waals surface area (Å²) < 4.78 is 21.3. The topological polar surface area (TPSA) is 89.9 Å². The van der Waals surface area contributed by atoms with Gasteiger partial charge in [-0.2, -0.15) is 0 Å². The Morgan fingerprint density at radius 1 is 1.21 bits per heavy atom. The molecule has 1 aromatic carbocycles. The van der Waals surface area contributed by atoms with Crippen molar-refractivity contribution in [2.75, 3.05) is 53.7 Å². The van der Waals surface area contributed by atoms with E-state index in [0.717, 1.165) is 16.4 Å². The predicted molar refractivity (Wildman–Crippen MR) is 128 cm³/mol. The fourth-order valence-electron chi connectivity index (χ4n) is 4.13. The Hall–Kier alpha value is -2.82. The van der Waals surface area contributed by atoms with E-state index in [1.54, 1.807) is 14.2 Å². The van der Waals surface area contributed by atoms with Crippen LogP contribution in [0.3, 0.4) is 0 Å². The van der Waals surface area contributed by atoms with Crippen molar-refractivity contribution < 1.29 is 28.5 Å². The van der Waals surface area contributed by atoms with E-state index in [9.17, 15) is 9.59 Å². The molecule has 10 heteroatoms. The number of amides is 1. The second-order valence-corrected chi connectivity index (χ2v) is 8.80. The smallest absolute Gasteiger partial charge is 0.338 e. The van der Waals surface area contributed by atoms with E-state index in [1.807, 2.05) is 46.4 Å². The quantitative estimate of drug-likeness (QED) is 0.409. The second-order valence-electron chi connectivity index (χ2n) is 7.97. The first-order valence-electron chi connectivity index (χ1n) is 11.1. The van der Waals surface area contributed by atoms with Crippen LogP contribution in [0.4, 0.5) is 0 Å². The van der Waals surface area contributed by atoms with Gasteiger partial charge in [-0.15, -0.1) is 0 Å². The summed E-state index contributed by atoms with van der Waals surface area (Å²) in [6.07, 6.45) is 0.206. The van der Waals surface area contributed by atoms with E-state index in [0.29, 0.717) is 49.9 Å². The van der Waals surface area contributed by atoms with E-state index in [2.05, 4.69) is 4.99 Å². The molecule has 182 valence electrons. The number of benzene rings is 1. The largest absolute Gasteiger partial charge is 0.497 e. The maximum absolute atomic E-state index is 13.2. The number of carbonyl (C=O) groups excluding carboxylic acids is 2. The molecule has 3 aliphatic rings. The minimum atomic E-state index is -0.503. The summed E-state index contributed by atoms with van der Waals surface area (Å²) >= 11 is 1.45. The molecule has 0 saturated carbocycles. The van der Waals surface area contributed by atoms with Gasteiger partial charge >= 0.3 is 5.97 Å². The van der Waals surface area contributed by atoms with E-state index in [-0.39, 0.29) is 18.9 Å². The van der Waals surface area contributed by atoms with Crippen LogP contribution in [0.15, 0.2) is 51.6 Å². The fourth-order valence-corrected chi connectivity index (χ4v) is 5.10. The third-order valence-electron chi connectivity index (χ3n) is 5.85. The van der Waals surface area contributed by atoms with E-state index >= 15 is 0 Å². The Labute approximate surface area is 203 Å². The molecule has 1 aromatic rings. The van der Waals surface area contributed by atoms with Crippen LogP contribution in [0.5, 0.6) is 5.75 Å². The first-order valence-corrected chi connectivity index (χ1v) is 12.0. The number of ether oxygens (including phenoxy) is 4. The number of amidine groups is 1. The van der Waals surface area contributed by atoms with Gasteiger partial charge in [-0.25, -0.2) is 9.79 Å². The summed E-state index contributed by atoms with van der Waals surface area (Å²) in [5.41, 5.74) is 2.66. The Morgan fingerprint density at radius 3 is 2.74 bits per heavy atom. The lowest BCUT2D eigenvalue weighted by Gasteiger charge is -2.37. The Bertz CT molecular complexity index is 1030. The van der Waals surface area contributed by atoms with Crippen LogP contribution < -0.4 is 4.74 Å². The summed E-state index contributed by atoms with van der Waals surface area (Å²) in [4.78, 5) is 34.7. The van der Waals surface area contributed by atoms with Gasteiger partial charge in [0.2, 0.25) is 5.91 Å². The first kappa shape index (κ1) is 24.3. The summed E-state index contributed by atoms with van der Waals surface area (Å²) in [6, 6.07) is 7.07. The first-order chi connectivity index (χ1) is 16.5. The van der Waals surface area contributed by atoms with Gasteiger partial charge in [0.15, 0.2) is 5.17 Å². The van der Waals surface area contributed by atoms with Gasteiger partial charge in [0.05, 0.1) is 50.7 Å². The molecule has 3 heterocycles. The fraction of sp³-hybridized carbons (Fsp3) is 0.458. The minimum Gasteiger partial charge on any atom is -0.497 e. The number of fused-ring (bicyclic) bond motifs is 1. The maximum Gasteiger partial charge on any atom is 0.338 e. The molecule has 0 radical (unpaired) electrons. The summed E-state index contributed by atoms with van der Waals surface area (Å²) in [6.45, 7) is 4.49. The van der Waals surface area contributed by atoms with Crippen molar-refractivity contribution in [1.29, 1.82) is 0 Å². The van der Waals surface area contributed by atoms with Gasteiger partial charge in [-0.1, -0.05) is 23.9 Å². The highest BCUT2D eigenvalue weighted by Crippen LogP contribution is 2.45. The molecule has 9 nitrogen and oxygen atoms in total. The molecule has 1 fully saturated rings. The molecule has 1 atom stereocenters. The molecule has 34 heavy (non-hydrogen) atoms. The summed E-state index contributed by atoms with van der Waals surface area (Å²) in [5, 5.41) is 2.67. The highest BCUT2D eigenvalue weighted by atomic mass is 32.2. The average molecular weight is 488 g/mol. The molecule has 0 unspecified atom stereocenters. The van der Waals surface area contributed by atoms with E-state index in [1.165, 1.54) is 11.8 Å². The van der Waals surface area contributed by atoms with Gasteiger partial charge in [-0.05, 0) is 30.0 Å². The molecule has 3 aliphatic heterocycles. The van der Waals surface area contributed by atoms with Crippen LogP contribution in [-0.2, 0) is 23.8 Å². The van der Waals surface area contributed by atoms with Gasteiger partial charge in [-0.3, -0.25) is 4.79 Å². The summed E-state index contributed by atoms with van der Waals surface area (Å²) in [5.74, 6) is 0.241. The van der Waals surface area contributed by atoms with Crippen LogP contribution in [0.25, 0.3) is 0 Å². The number of rotatable bonds is 8. The Balaban J connectivity index is 1.67.